The number of nitrogens with zero attached hydrogens (tertiary/aromatic N) is 1. The minimum Gasteiger partial charge on any atom is -0.271 e. The molecule has 22 heavy (non-hydrogen) atoms. The molecule has 2 heterocycles. The van der Waals surface area contributed by atoms with Crippen LogP contribution in [0.5, 0.6) is 0 Å². The van der Waals surface area contributed by atoms with Gasteiger partial charge in [-0.3, -0.25) is 4.79 Å². The van der Waals surface area contributed by atoms with Crippen molar-refractivity contribution >= 4 is 23.5 Å². The number of aryl methyl sites for hydroxylation is 1. The van der Waals surface area contributed by atoms with Crippen molar-refractivity contribution in [1.82, 2.24) is 16.3 Å². The number of hydrogen-bond donors (Lipinski definition) is 3. The van der Waals surface area contributed by atoms with Gasteiger partial charge in [-0.1, -0.05) is 30.3 Å². The van der Waals surface area contributed by atoms with Crippen LogP contribution in [0.3, 0.4) is 0 Å². The van der Waals surface area contributed by atoms with Crippen molar-refractivity contribution in [1.29, 1.82) is 0 Å². The van der Waals surface area contributed by atoms with E-state index in [2.05, 4.69) is 33.5 Å². The summed E-state index contributed by atoms with van der Waals surface area (Å²) < 4.78 is 0. The van der Waals surface area contributed by atoms with Gasteiger partial charge in [0.1, 0.15) is 6.04 Å². The van der Waals surface area contributed by atoms with Crippen molar-refractivity contribution in [2.75, 3.05) is 0 Å². The topological polar surface area (TPSA) is 65.5 Å². The first-order valence-electron chi connectivity index (χ1n) is 7.17. The smallest absolute Gasteiger partial charge is 0.258 e. The van der Waals surface area contributed by atoms with Crippen LogP contribution in [0.15, 0.2) is 46.9 Å². The van der Waals surface area contributed by atoms with E-state index in [1.165, 1.54) is 5.56 Å². The highest BCUT2D eigenvalue weighted by Gasteiger charge is 2.29. The number of rotatable bonds is 4. The zero-order valence-electron chi connectivity index (χ0n) is 12.2. The molecule has 1 amide bonds. The van der Waals surface area contributed by atoms with Gasteiger partial charge in [-0.25, -0.2) is 16.3 Å². The Labute approximate surface area is 133 Å². The molecular formula is C16H18N4OS. The zero-order valence-corrected chi connectivity index (χ0v) is 13.1. The molecule has 0 aliphatic carbocycles. The van der Waals surface area contributed by atoms with Crippen molar-refractivity contribution in [2.24, 2.45) is 5.10 Å². The Morgan fingerprint density at radius 3 is 2.86 bits per heavy atom. The number of hydrazine groups is 1. The van der Waals surface area contributed by atoms with Crippen molar-refractivity contribution in [3.8, 4) is 0 Å². The fraction of sp³-hybridized carbons (Fsp3) is 0.250. The van der Waals surface area contributed by atoms with Crippen LogP contribution in [0.2, 0.25) is 0 Å². The van der Waals surface area contributed by atoms with Gasteiger partial charge in [0.2, 0.25) is 0 Å². The van der Waals surface area contributed by atoms with Crippen LogP contribution < -0.4 is 16.3 Å². The molecule has 1 aliphatic heterocycles. The molecule has 1 aliphatic rings. The van der Waals surface area contributed by atoms with E-state index < -0.39 is 0 Å². The maximum Gasteiger partial charge on any atom is 0.258 e. The Hall–Kier alpha value is -2.02. The fourth-order valence-electron chi connectivity index (χ4n) is 2.38. The molecule has 0 radical (unpaired) electrons. The van der Waals surface area contributed by atoms with Gasteiger partial charge < -0.3 is 0 Å². The van der Waals surface area contributed by atoms with Crippen molar-refractivity contribution in [2.45, 2.75) is 25.4 Å². The maximum absolute atomic E-state index is 12.1. The van der Waals surface area contributed by atoms with Gasteiger partial charge >= 0.3 is 0 Å². The van der Waals surface area contributed by atoms with Crippen LogP contribution in [0.4, 0.5) is 0 Å². The van der Waals surface area contributed by atoms with Gasteiger partial charge in [0.05, 0.1) is 6.21 Å². The third-order valence-corrected chi connectivity index (χ3v) is 4.63. The normalized spacial score (nSPS) is 21.3. The molecule has 6 heteroatoms. The molecule has 2 atom stereocenters. The highest BCUT2D eigenvalue weighted by Crippen LogP contribution is 2.21. The van der Waals surface area contributed by atoms with Gasteiger partial charge in [-0.2, -0.15) is 5.10 Å². The molecule has 2 unspecified atom stereocenters. The first-order valence-corrected chi connectivity index (χ1v) is 8.05. The number of nitrogens with one attached hydrogen (secondary N) is 3. The van der Waals surface area contributed by atoms with Crippen molar-refractivity contribution < 1.29 is 4.79 Å². The van der Waals surface area contributed by atoms with E-state index in [0.29, 0.717) is 6.42 Å². The summed E-state index contributed by atoms with van der Waals surface area (Å²) >= 11 is 1.60. The summed E-state index contributed by atoms with van der Waals surface area (Å²) in [5.41, 5.74) is 11.1. The van der Waals surface area contributed by atoms with Crippen molar-refractivity contribution in [3.05, 3.63) is 57.8 Å². The van der Waals surface area contributed by atoms with E-state index in [1.54, 1.807) is 17.6 Å². The van der Waals surface area contributed by atoms with Gasteiger partial charge in [-0.15, -0.1) is 11.3 Å². The fourth-order valence-corrected chi connectivity index (χ4v) is 3.17. The molecule has 0 bridgehead atoms. The number of hydrogen-bond acceptors (Lipinski definition) is 5. The zero-order chi connectivity index (χ0) is 15.4. The SMILES string of the molecule is Cc1ccsc1/C=N/NC(=O)C1CC(c2ccccc2)NN1. The number of hydrazone groups is 1. The lowest BCUT2D eigenvalue weighted by atomic mass is 10.0. The number of amides is 1. The average molecular weight is 314 g/mol. The summed E-state index contributed by atoms with van der Waals surface area (Å²) in [5, 5.41) is 6.04. The molecule has 1 fully saturated rings. The monoisotopic (exact) mass is 314 g/mol. The molecule has 2 aromatic rings. The largest absolute Gasteiger partial charge is 0.271 e. The molecule has 114 valence electrons. The predicted octanol–water partition coefficient (Wildman–Crippen LogP) is 2.11. The lowest BCUT2D eigenvalue weighted by Crippen LogP contribution is -2.41. The Morgan fingerprint density at radius 1 is 1.32 bits per heavy atom. The highest BCUT2D eigenvalue weighted by molar-refractivity contribution is 7.11. The third kappa shape index (κ3) is 3.41. The molecule has 0 spiro atoms. The molecule has 3 rings (SSSR count). The first-order chi connectivity index (χ1) is 10.7. The number of benzene rings is 1. The summed E-state index contributed by atoms with van der Waals surface area (Å²) in [6, 6.07) is 12.0. The quantitative estimate of drug-likeness (QED) is 0.598. The van der Waals surface area contributed by atoms with Crippen LogP contribution >= 0.6 is 11.3 Å². The van der Waals surface area contributed by atoms with Crippen LogP contribution in [-0.4, -0.2) is 18.2 Å². The lowest BCUT2D eigenvalue weighted by molar-refractivity contribution is -0.122. The van der Waals surface area contributed by atoms with E-state index in [4.69, 9.17) is 0 Å². The summed E-state index contributed by atoms with van der Waals surface area (Å²) in [6.45, 7) is 2.02. The Balaban J connectivity index is 1.54. The van der Waals surface area contributed by atoms with E-state index in [0.717, 1.165) is 10.4 Å². The second-order valence-corrected chi connectivity index (χ2v) is 6.19. The minimum atomic E-state index is -0.285. The van der Waals surface area contributed by atoms with Gasteiger partial charge in [0, 0.05) is 10.9 Å². The van der Waals surface area contributed by atoms with E-state index in [-0.39, 0.29) is 18.0 Å². The number of thiophene rings is 1. The van der Waals surface area contributed by atoms with Crippen LogP contribution in [0.1, 0.15) is 28.5 Å². The summed E-state index contributed by atoms with van der Waals surface area (Å²) in [5.74, 6) is -0.128. The van der Waals surface area contributed by atoms with Gasteiger partial charge in [0.25, 0.3) is 5.91 Å². The first kappa shape index (κ1) is 14.9. The highest BCUT2D eigenvalue weighted by atomic mass is 32.1. The Morgan fingerprint density at radius 2 is 2.14 bits per heavy atom. The standard InChI is InChI=1S/C16H18N4OS/c1-11-7-8-22-15(11)10-17-20-16(21)14-9-13(18-19-14)12-5-3-2-4-6-12/h2-8,10,13-14,18-19H,9H2,1H3,(H,20,21)/b17-10+. The molecule has 1 aromatic carbocycles. The lowest BCUT2D eigenvalue weighted by Gasteiger charge is -2.08. The van der Waals surface area contributed by atoms with E-state index in [1.807, 2.05) is 36.6 Å². The summed E-state index contributed by atoms with van der Waals surface area (Å²) in [7, 11) is 0. The van der Waals surface area contributed by atoms with E-state index in [9.17, 15) is 4.79 Å². The van der Waals surface area contributed by atoms with Crippen LogP contribution in [0, 0.1) is 6.92 Å². The van der Waals surface area contributed by atoms with Gasteiger partial charge in [0.15, 0.2) is 0 Å². The molecule has 1 aromatic heterocycles. The predicted molar refractivity (Wildman–Crippen MR) is 88.7 cm³/mol. The second kappa shape index (κ2) is 6.83. The summed E-state index contributed by atoms with van der Waals surface area (Å²) in [4.78, 5) is 13.2. The minimum absolute atomic E-state index is 0.128. The molecule has 0 saturated carbocycles. The molecule has 5 nitrogen and oxygen atoms in total. The Kier molecular flexibility index (Phi) is 4.62. The molecular weight excluding hydrogens is 296 g/mol. The van der Waals surface area contributed by atoms with Crippen molar-refractivity contribution in [3.63, 3.8) is 0 Å². The van der Waals surface area contributed by atoms with E-state index >= 15 is 0 Å². The third-order valence-electron chi connectivity index (χ3n) is 3.68. The van der Waals surface area contributed by atoms with Crippen LogP contribution in [-0.2, 0) is 4.79 Å². The molecule has 3 N–H and O–H groups in total. The maximum atomic E-state index is 12.1. The average Bonchev–Trinajstić information content (AvgIpc) is 3.18. The van der Waals surface area contributed by atoms with Crippen LogP contribution in [0.25, 0.3) is 0 Å². The van der Waals surface area contributed by atoms with Gasteiger partial charge in [-0.05, 0) is 35.9 Å². The molecule has 1 saturated heterocycles. The number of carbonyl (C=O) groups excluding carboxylic acids is 1. The summed E-state index contributed by atoms with van der Waals surface area (Å²) in [6.07, 6.45) is 2.39. The number of carbonyl (C=O) groups is 1. The second-order valence-electron chi connectivity index (χ2n) is 5.24. The Bertz CT molecular complexity index is 668.